The minimum absolute atomic E-state index is 0.126. The highest BCUT2D eigenvalue weighted by molar-refractivity contribution is 7.13. The van der Waals surface area contributed by atoms with E-state index in [1.807, 2.05) is 5.38 Å². The standard InChI is InChI=1S/C13H21N3OS/c1-9(2)10-4-3-5-11(8-10)15-12(17)16-13-14-6-7-18-13/h6-7,9-11H,3-5,8H2,1-2H3,(H2,14,15,16,17)/t10-,11+/m0/s1. The van der Waals surface area contributed by atoms with Crippen molar-refractivity contribution < 1.29 is 4.79 Å². The van der Waals surface area contributed by atoms with Crippen molar-refractivity contribution in [2.24, 2.45) is 11.8 Å². The van der Waals surface area contributed by atoms with Gasteiger partial charge in [0.1, 0.15) is 0 Å². The molecule has 0 unspecified atom stereocenters. The van der Waals surface area contributed by atoms with Gasteiger partial charge in [0.05, 0.1) is 0 Å². The Labute approximate surface area is 112 Å². The van der Waals surface area contributed by atoms with E-state index in [9.17, 15) is 4.79 Å². The summed E-state index contributed by atoms with van der Waals surface area (Å²) in [4.78, 5) is 15.8. The molecule has 1 fully saturated rings. The van der Waals surface area contributed by atoms with E-state index in [2.05, 4.69) is 29.5 Å². The number of rotatable bonds is 3. The zero-order valence-electron chi connectivity index (χ0n) is 11.0. The molecule has 2 amide bonds. The van der Waals surface area contributed by atoms with Crippen molar-refractivity contribution in [1.82, 2.24) is 10.3 Å². The molecule has 1 saturated carbocycles. The minimum atomic E-state index is -0.126. The number of aromatic nitrogens is 1. The van der Waals surface area contributed by atoms with Crippen LogP contribution in [0, 0.1) is 11.8 Å². The zero-order chi connectivity index (χ0) is 13.0. The van der Waals surface area contributed by atoms with Gasteiger partial charge in [-0.2, -0.15) is 0 Å². The number of thiazole rings is 1. The van der Waals surface area contributed by atoms with Crippen LogP contribution in [0.25, 0.3) is 0 Å². The molecule has 100 valence electrons. The van der Waals surface area contributed by atoms with E-state index >= 15 is 0 Å². The SMILES string of the molecule is CC(C)[C@H]1CCC[C@@H](NC(=O)Nc2nccs2)C1. The van der Waals surface area contributed by atoms with Crippen LogP contribution in [0.4, 0.5) is 9.93 Å². The maximum Gasteiger partial charge on any atom is 0.321 e. The molecule has 0 aromatic carbocycles. The van der Waals surface area contributed by atoms with Gasteiger partial charge in [0.25, 0.3) is 0 Å². The third-order valence-corrected chi connectivity index (χ3v) is 4.33. The Balaban J connectivity index is 1.80. The molecule has 0 spiro atoms. The summed E-state index contributed by atoms with van der Waals surface area (Å²) in [5.41, 5.74) is 0. The minimum Gasteiger partial charge on any atom is -0.335 e. The second kappa shape index (κ2) is 6.18. The van der Waals surface area contributed by atoms with Crippen molar-refractivity contribution in [3.8, 4) is 0 Å². The monoisotopic (exact) mass is 267 g/mol. The lowest BCUT2D eigenvalue weighted by Crippen LogP contribution is -2.41. The van der Waals surface area contributed by atoms with Crippen LogP contribution < -0.4 is 10.6 Å². The molecule has 0 radical (unpaired) electrons. The highest BCUT2D eigenvalue weighted by atomic mass is 32.1. The maximum atomic E-state index is 11.8. The molecule has 0 aliphatic heterocycles. The van der Waals surface area contributed by atoms with Crippen LogP contribution >= 0.6 is 11.3 Å². The van der Waals surface area contributed by atoms with Crippen LogP contribution in [0.15, 0.2) is 11.6 Å². The molecule has 5 heteroatoms. The predicted molar refractivity (Wildman–Crippen MR) is 74.9 cm³/mol. The number of amides is 2. The summed E-state index contributed by atoms with van der Waals surface area (Å²) in [6.45, 7) is 4.53. The zero-order valence-corrected chi connectivity index (χ0v) is 11.8. The first kappa shape index (κ1) is 13.3. The van der Waals surface area contributed by atoms with Gasteiger partial charge in [-0.15, -0.1) is 11.3 Å². The van der Waals surface area contributed by atoms with Gasteiger partial charge >= 0.3 is 6.03 Å². The van der Waals surface area contributed by atoms with Crippen molar-refractivity contribution in [2.75, 3.05) is 5.32 Å². The smallest absolute Gasteiger partial charge is 0.321 e. The first-order valence-electron chi connectivity index (χ1n) is 6.62. The van der Waals surface area contributed by atoms with Gasteiger partial charge in [0, 0.05) is 17.6 Å². The molecule has 2 N–H and O–H groups in total. The molecular formula is C13H21N3OS. The van der Waals surface area contributed by atoms with Gasteiger partial charge in [0.15, 0.2) is 5.13 Å². The normalized spacial score (nSPS) is 23.9. The summed E-state index contributed by atoms with van der Waals surface area (Å²) < 4.78 is 0. The highest BCUT2D eigenvalue weighted by Crippen LogP contribution is 2.29. The van der Waals surface area contributed by atoms with Gasteiger partial charge in [-0.1, -0.05) is 26.7 Å². The van der Waals surface area contributed by atoms with Gasteiger partial charge in [0.2, 0.25) is 0 Å². The topological polar surface area (TPSA) is 54.0 Å². The molecule has 1 heterocycles. The number of urea groups is 1. The third kappa shape index (κ3) is 3.70. The van der Waals surface area contributed by atoms with Gasteiger partial charge in [-0.3, -0.25) is 5.32 Å². The van der Waals surface area contributed by atoms with E-state index in [1.54, 1.807) is 6.20 Å². The molecule has 0 saturated heterocycles. The van der Waals surface area contributed by atoms with Gasteiger partial charge in [-0.05, 0) is 24.7 Å². The van der Waals surface area contributed by atoms with Crippen LogP contribution in [0.1, 0.15) is 39.5 Å². The average molecular weight is 267 g/mol. The Bertz CT molecular complexity index is 378. The molecule has 2 atom stereocenters. The van der Waals surface area contributed by atoms with E-state index in [1.165, 1.54) is 24.2 Å². The van der Waals surface area contributed by atoms with E-state index in [0.717, 1.165) is 18.8 Å². The number of nitrogens with zero attached hydrogens (tertiary/aromatic N) is 1. The van der Waals surface area contributed by atoms with Crippen molar-refractivity contribution in [2.45, 2.75) is 45.6 Å². The number of hydrogen-bond acceptors (Lipinski definition) is 3. The second-order valence-electron chi connectivity index (χ2n) is 5.30. The summed E-state index contributed by atoms with van der Waals surface area (Å²) in [5.74, 6) is 1.44. The predicted octanol–water partition coefficient (Wildman–Crippen LogP) is 3.48. The van der Waals surface area contributed by atoms with E-state index in [0.29, 0.717) is 17.1 Å². The third-order valence-electron chi connectivity index (χ3n) is 3.65. The number of nitrogens with one attached hydrogen (secondary N) is 2. The number of carbonyl (C=O) groups excluding carboxylic acids is 1. The van der Waals surface area contributed by atoms with Crippen LogP contribution in [0.3, 0.4) is 0 Å². The molecule has 1 aliphatic carbocycles. The number of anilines is 1. The Kier molecular flexibility index (Phi) is 4.58. The van der Waals surface area contributed by atoms with Crippen molar-refractivity contribution in [1.29, 1.82) is 0 Å². The number of carbonyl (C=O) groups is 1. The van der Waals surface area contributed by atoms with E-state index in [-0.39, 0.29) is 6.03 Å². The molecule has 1 aromatic heterocycles. The Morgan fingerprint density at radius 3 is 3.00 bits per heavy atom. The lowest BCUT2D eigenvalue weighted by molar-refractivity contribution is 0.219. The molecule has 2 rings (SSSR count). The van der Waals surface area contributed by atoms with Gasteiger partial charge in [-0.25, -0.2) is 9.78 Å². The Morgan fingerprint density at radius 2 is 2.33 bits per heavy atom. The Morgan fingerprint density at radius 1 is 1.50 bits per heavy atom. The van der Waals surface area contributed by atoms with Crippen molar-refractivity contribution in [3.05, 3.63) is 11.6 Å². The average Bonchev–Trinajstić information content (AvgIpc) is 2.82. The van der Waals surface area contributed by atoms with E-state index in [4.69, 9.17) is 0 Å². The van der Waals surface area contributed by atoms with Crippen LogP contribution in [-0.2, 0) is 0 Å². The fourth-order valence-electron chi connectivity index (χ4n) is 2.57. The lowest BCUT2D eigenvalue weighted by Gasteiger charge is -2.31. The van der Waals surface area contributed by atoms with E-state index < -0.39 is 0 Å². The first-order valence-corrected chi connectivity index (χ1v) is 7.50. The molecule has 1 aromatic rings. The summed E-state index contributed by atoms with van der Waals surface area (Å²) in [6.07, 6.45) is 6.39. The molecule has 0 bridgehead atoms. The summed E-state index contributed by atoms with van der Waals surface area (Å²) in [5, 5.41) is 8.34. The molecule has 4 nitrogen and oxygen atoms in total. The summed E-state index contributed by atoms with van der Waals surface area (Å²) in [7, 11) is 0. The van der Waals surface area contributed by atoms with Crippen molar-refractivity contribution in [3.63, 3.8) is 0 Å². The fourth-order valence-corrected chi connectivity index (χ4v) is 3.09. The second-order valence-corrected chi connectivity index (χ2v) is 6.20. The first-order chi connectivity index (χ1) is 8.65. The Hall–Kier alpha value is -1.10. The van der Waals surface area contributed by atoms with Crippen LogP contribution in [0.5, 0.6) is 0 Å². The molecule has 1 aliphatic rings. The largest absolute Gasteiger partial charge is 0.335 e. The van der Waals surface area contributed by atoms with Gasteiger partial charge < -0.3 is 5.32 Å². The molecule has 18 heavy (non-hydrogen) atoms. The molecular weight excluding hydrogens is 246 g/mol. The van der Waals surface area contributed by atoms with Crippen molar-refractivity contribution >= 4 is 22.5 Å². The van der Waals surface area contributed by atoms with Crippen LogP contribution in [0.2, 0.25) is 0 Å². The highest BCUT2D eigenvalue weighted by Gasteiger charge is 2.25. The fraction of sp³-hybridized carbons (Fsp3) is 0.692. The number of hydrogen-bond donors (Lipinski definition) is 2. The van der Waals surface area contributed by atoms with Crippen LogP contribution in [-0.4, -0.2) is 17.1 Å². The maximum absolute atomic E-state index is 11.8. The summed E-state index contributed by atoms with van der Waals surface area (Å²) >= 11 is 1.44. The lowest BCUT2D eigenvalue weighted by atomic mass is 9.79. The summed E-state index contributed by atoms with van der Waals surface area (Å²) in [6, 6.07) is 0.186. The quantitative estimate of drug-likeness (QED) is 0.881.